The molecular weight excluding hydrogens is 340 g/mol. The number of nitro groups is 1. The van der Waals surface area contributed by atoms with Crippen LogP contribution in [0.3, 0.4) is 0 Å². The second-order valence-electron chi connectivity index (χ2n) is 4.40. The van der Waals surface area contributed by atoms with E-state index >= 15 is 0 Å². The Morgan fingerprint density at radius 2 is 2.10 bits per heavy atom. The van der Waals surface area contributed by atoms with Gasteiger partial charge in [-0.3, -0.25) is 14.5 Å². The van der Waals surface area contributed by atoms with Crippen molar-refractivity contribution in [3.63, 3.8) is 0 Å². The van der Waals surface area contributed by atoms with E-state index in [1.807, 2.05) is 0 Å². The predicted molar refractivity (Wildman–Crippen MR) is 79.4 cm³/mol. The molecule has 0 saturated heterocycles. The first-order valence-corrected chi connectivity index (χ1v) is 6.82. The molecule has 2 aromatic heterocycles. The normalized spacial score (nSPS) is 10.9. The zero-order valence-electron chi connectivity index (χ0n) is 10.6. The van der Waals surface area contributed by atoms with Crippen molar-refractivity contribution in [2.75, 3.05) is 0 Å². The van der Waals surface area contributed by atoms with Crippen molar-refractivity contribution in [2.45, 2.75) is 6.54 Å². The van der Waals surface area contributed by atoms with Crippen molar-refractivity contribution in [1.29, 1.82) is 0 Å². The molecule has 3 aromatic rings. The highest BCUT2D eigenvalue weighted by atomic mass is 79.9. The highest BCUT2D eigenvalue weighted by molar-refractivity contribution is 9.10. The number of rotatable bonds is 3. The Kier molecular flexibility index (Phi) is 3.30. The molecule has 8 heteroatoms. The van der Waals surface area contributed by atoms with E-state index in [1.165, 1.54) is 15.1 Å². The fraction of sp³-hybridized carbons (Fsp3) is 0.0769. The minimum Gasteiger partial charge on any atom is -0.258 e. The van der Waals surface area contributed by atoms with Crippen LogP contribution in [0.15, 0.2) is 51.9 Å². The Bertz CT molecular complexity index is 900. The molecule has 0 radical (unpaired) electrons. The van der Waals surface area contributed by atoms with Gasteiger partial charge in [-0.05, 0) is 24.3 Å². The van der Waals surface area contributed by atoms with Crippen molar-refractivity contribution in [3.8, 4) is 0 Å². The first-order valence-electron chi connectivity index (χ1n) is 6.03. The topological polar surface area (TPSA) is 82.4 Å². The van der Waals surface area contributed by atoms with Gasteiger partial charge in [0.1, 0.15) is 0 Å². The van der Waals surface area contributed by atoms with E-state index < -0.39 is 4.92 Å². The van der Waals surface area contributed by atoms with Gasteiger partial charge in [-0.15, -0.1) is 5.10 Å². The SMILES string of the molecule is O=c1n(Cc2ccc(Br)cc2[N+](=O)[O-])nc2ccccn12. The molecule has 0 aliphatic heterocycles. The number of halogens is 1. The highest BCUT2D eigenvalue weighted by Gasteiger charge is 2.16. The largest absolute Gasteiger partial charge is 0.350 e. The number of pyridine rings is 1. The summed E-state index contributed by atoms with van der Waals surface area (Å²) in [6.45, 7) is 0.0457. The minimum absolute atomic E-state index is 0.0457. The lowest BCUT2D eigenvalue weighted by atomic mass is 10.2. The average Bonchev–Trinajstić information content (AvgIpc) is 2.78. The van der Waals surface area contributed by atoms with Crippen LogP contribution in [0, 0.1) is 10.1 Å². The summed E-state index contributed by atoms with van der Waals surface area (Å²) in [6, 6.07) is 9.92. The molecule has 0 saturated carbocycles. The standard InChI is InChI=1S/C13H9BrN4O3/c14-10-5-4-9(11(7-10)18(20)21)8-17-13(19)16-6-2-1-3-12(16)15-17/h1-7H,8H2. The van der Waals surface area contributed by atoms with Crippen LogP contribution in [0.2, 0.25) is 0 Å². The molecule has 106 valence electrons. The molecule has 0 N–H and O–H groups in total. The molecule has 0 aliphatic carbocycles. The summed E-state index contributed by atoms with van der Waals surface area (Å²) >= 11 is 3.20. The van der Waals surface area contributed by atoms with Gasteiger partial charge < -0.3 is 0 Å². The molecule has 0 bridgehead atoms. The number of hydrogen-bond acceptors (Lipinski definition) is 4. The van der Waals surface area contributed by atoms with E-state index in [2.05, 4.69) is 21.0 Å². The molecular formula is C13H9BrN4O3. The van der Waals surface area contributed by atoms with Gasteiger partial charge in [0, 0.05) is 16.7 Å². The Balaban J connectivity index is 2.09. The van der Waals surface area contributed by atoms with E-state index in [4.69, 9.17) is 0 Å². The fourth-order valence-corrected chi connectivity index (χ4v) is 2.42. The summed E-state index contributed by atoms with van der Waals surface area (Å²) in [5, 5.41) is 15.3. The van der Waals surface area contributed by atoms with Crippen LogP contribution in [0.4, 0.5) is 5.69 Å². The maximum absolute atomic E-state index is 12.2. The Morgan fingerprint density at radius 3 is 2.81 bits per heavy atom. The molecule has 0 fully saturated rings. The van der Waals surface area contributed by atoms with Crippen LogP contribution < -0.4 is 5.69 Å². The average molecular weight is 349 g/mol. The Labute approximate surface area is 126 Å². The third-order valence-corrected chi connectivity index (χ3v) is 3.55. The lowest BCUT2D eigenvalue weighted by Gasteiger charge is -2.02. The van der Waals surface area contributed by atoms with E-state index in [9.17, 15) is 14.9 Å². The van der Waals surface area contributed by atoms with Crippen molar-refractivity contribution >= 4 is 27.3 Å². The van der Waals surface area contributed by atoms with Crippen LogP contribution in [0.25, 0.3) is 5.65 Å². The molecule has 1 aromatic carbocycles. The molecule has 0 atom stereocenters. The second kappa shape index (κ2) is 5.13. The van der Waals surface area contributed by atoms with Crippen LogP contribution in [0.5, 0.6) is 0 Å². The van der Waals surface area contributed by atoms with E-state index in [-0.39, 0.29) is 17.9 Å². The van der Waals surface area contributed by atoms with Gasteiger partial charge in [0.25, 0.3) is 5.69 Å². The summed E-state index contributed by atoms with van der Waals surface area (Å²) in [5.74, 6) is 0. The van der Waals surface area contributed by atoms with Gasteiger partial charge in [-0.1, -0.05) is 22.0 Å². The lowest BCUT2D eigenvalue weighted by Crippen LogP contribution is -2.22. The van der Waals surface area contributed by atoms with Crippen molar-refractivity contribution < 1.29 is 4.92 Å². The van der Waals surface area contributed by atoms with Crippen molar-refractivity contribution in [1.82, 2.24) is 14.2 Å². The van der Waals surface area contributed by atoms with Gasteiger partial charge in [0.15, 0.2) is 5.65 Å². The Hall–Kier alpha value is -2.48. The van der Waals surface area contributed by atoms with E-state index in [0.717, 1.165) is 0 Å². The fourth-order valence-electron chi connectivity index (χ4n) is 2.07. The van der Waals surface area contributed by atoms with Crippen LogP contribution >= 0.6 is 15.9 Å². The summed E-state index contributed by atoms with van der Waals surface area (Å²) in [5.41, 5.74) is 0.548. The van der Waals surface area contributed by atoms with Gasteiger partial charge in [0.2, 0.25) is 0 Å². The number of fused-ring (bicyclic) bond motifs is 1. The van der Waals surface area contributed by atoms with Crippen LogP contribution in [0.1, 0.15) is 5.56 Å². The molecule has 7 nitrogen and oxygen atoms in total. The lowest BCUT2D eigenvalue weighted by molar-refractivity contribution is -0.385. The van der Waals surface area contributed by atoms with Gasteiger partial charge in [-0.2, -0.15) is 0 Å². The summed E-state index contributed by atoms with van der Waals surface area (Å²) < 4.78 is 3.22. The number of nitrogens with zero attached hydrogens (tertiary/aromatic N) is 4. The van der Waals surface area contributed by atoms with Crippen LogP contribution in [-0.4, -0.2) is 19.1 Å². The second-order valence-corrected chi connectivity index (χ2v) is 5.31. The zero-order valence-corrected chi connectivity index (χ0v) is 12.2. The summed E-state index contributed by atoms with van der Waals surface area (Å²) in [4.78, 5) is 22.8. The van der Waals surface area contributed by atoms with Gasteiger partial charge >= 0.3 is 5.69 Å². The molecule has 3 rings (SSSR count). The number of hydrogen-bond donors (Lipinski definition) is 0. The third-order valence-electron chi connectivity index (χ3n) is 3.05. The molecule has 21 heavy (non-hydrogen) atoms. The zero-order chi connectivity index (χ0) is 15.0. The van der Waals surface area contributed by atoms with E-state index in [1.54, 1.807) is 36.5 Å². The highest BCUT2D eigenvalue weighted by Crippen LogP contribution is 2.23. The van der Waals surface area contributed by atoms with E-state index in [0.29, 0.717) is 15.7 Å². The first kappa shape index (κ1) is 13.5. The first-order chi connectivity index (χ1) is 10.1. The quantitative estimate of drug-likeness (QED) is 0.536. The van der Waals surface area contributed by atoms with Crippen molar-refractivity contribution in [3.05, 3.63) is 73.2 Å². The third kappa shape index (κ3) is 2.45. The monoisotopic (exact) mass is 348 g/mol. The molecule has 0 amide bonds. The number of aromatic nitrogens is 3. The summed E-state index contributed by atoms with van der Waals surface area (Å²) in [6.07, 6.45) is 1.61. The molecule has 2 heterocycles. The maximum Gasteiger partial charge on any atom is 0.350 e. The molecule has 0 spiro atoms. The predicted octanol–water partition coefficient (Wildman–Crippen LogP) is 2.21. The van der Waals surface area contributed by atoms with Crippen molar-refractivity contribution in [2.24, 2.45) is 0 Å². The molecule has 0 aliphatic rings. The van der Waals surface area contributed by atoms with Gasteiger partial charge in [-0.25, -0.2) is 9.48 Å². The number of benzene rings is 1. The van der Waals surface area contributed by atoms with Crippen LogP contribution in [-0.2, 0) is 6.54 Å². The minimum atomic E-state index is -0.471. The maximum atomic E-state index is 12.2. The Morgan fingerprint density at radius 1 is 1.29 bits per heavy atom. The number of nitro benzene ring substituents is 1. The smallest absolute Gasteiger partial charge is 0.258 e. The van der Waals surface area contributed by atoms with Gasteiger partial charge in [0.05, 0.1) is 17.0 Å². The summed E-state index contributed by atoms with van der Waals surface area (Å²) in [7, 11) is 0. The molecule has 0 unspecified atom stereocenters.